The minimum Gasteiger partial charge on any atom is -0.316 e. The molecule has 0 saturated carbocycles. The highest BCUT2D eigenvalue weighted by molar-refractivity contribution is 5.18. The lowest BCUT2D eigenvalue weighted by Gasteiger charge is -2.24. The molecule has 2 nitrogen and oxygen atoms in total. The van der Waals surface area contributed by atoms with Crippen molar-refractivity contribution in [2.75, 3.05) is 19.6 Å². The van der Waals surface area contributed by atoms with Crippen molar-refractivity contribution in [3.05, 3.63) is 35.4 Å². The second-order valence-electron chi connectivity index (χ2n) is 5.53. The summed E-state index contributed by atoms with van der Waals surface area (Å²) < 4.78 is 26.3. The summed E-state index contributed by atoms with van der Waals surface area (Å²) in [7, 11) is 0. The minimum atomic E-state index is -0.487. The van der Waals surface area contributed by atoms with Crippen molar-refractivity contribution in [1.29, 1.82) is 0 Å². The molecule has 0 spiro atoms. The lowest BCUT2D eigenvalue weighted by molar-refractivity contribution is 0.231. The van der Waals surface area contributed by atoms with Crippen LogP contribution < -0.4 is 5.32 Å². The number of nitrogens with one attached hydrogen (secondary N) is 1. The Kier molecular flexibility index (Phi) is 3.08. The maximum absolute atomic E-state index is 13.2. The maximum atomic E-state index is 13.2. The number of hydrogen-bond acceptors (Lipinski definition) is 2. The summed E-state index contributed by atoms with van der Waals surface area (Å²) in [5.74, 6) is 0.402. The number of halogens is 2. The Morgan fingerprint density at radius 3 is 2.61 bits per heavy atom. The molecule has 18 heavy (non-hydrogen) atoms. The van der Waals surface area contributed by atoms with Gasteiger partial charge in [0.1, 0.15) is 11.6 Å². The molecule has 0 amide bonds. The van der Waals surface area contributed by atoms with Gasteiger partial charge >= 0.3 is 0 Å². The SMILES string of the molecule is CC1C2CNCC2CN1Cc1cc(F)cc(F)c1. The average Bonchev–Trinajstić information content (AvgIpc) is 2.83. The van der Waals surface area contributed by atoms with Crippen LogP contribution in [0.5, 0.6) is 0 Å². The van der Waals surface area contributed by atoms with Gasteiger partial charge in [0.25, 0.3) is 0 Å². The van der Waals surface area contributed by atoms with Crippen LogP contribution in [0.25, 0.3) is 0 Å². The first-order valence-corrected chi connectivity index (χ1v) is 6.53. The molecule has 2 fully saturated rings. The highest BCUT2D eigenvalue weighted by Crippen LogP contribution is 2.33. The lowest BCUT2D eigenvalue weighted by atomic mass is 9.95. The van der Waals surface area contributed by atoms with E-state index in [1.807, 2.05) is 0 Å². The summed E-state index contributed by atoms with van der Waals surface area (Å²) in [4.78, 5) is 2.34. The molecule has 1 aromatic carbocycles. The van der Waals surface area contributed by atoms with Crippen molar-refractivity contribution in [3.8, 4) is 0 Å². The van der Waals surface area contributed by atoms with Crippen LogP contribution in [0.3, 0.4) is 0 Å². The zero-order chi connectivity index (χ0) is 12.7. The third-order valence-electron chi connectivity index (χ3n) is 4.36. The highest BCUT2D eigenvalue weighted by Gasteiger charge is 2.41. The van der Waals surface area contributed by atoms with Crippen LogP contribution in [0.1, 0.15) is 12.5 Å². The molecule has 1 aromatic rings. The van der Waals surface area contributed by atoms with Crippen LogP contribution in [0.2, 0.25) is 0 Å². The predicted molar refractivity (Wildman–Crippen MR) is 66.1 cm³/mol. The van der Waals surface area contributed by atoms with Gasteiger partial charge in [0.2, 0.25) is 0 Å². The fourth-order valence-electron chi connectivity index (χ4n) is 3.40. The van der Waals surface area contributed by atoms with Crippen LogP contribution in [0, 0.1) is 23.5 Å². The normalized spacial score (nSPS) is 31.8. The van der Waals surface area contributed by atoms with Crippen molar-refractivity contribution in [1.82, 2.24) is 10.2 Å². The predicted octanol–water partition coefficient (Wildman–Crippen LogP) is 2.00. The highest BCUT2D eigenvalue weighted by atomic mass is 19.1. The number of hydrogen-bond donors (Lipinski definition) is 1. The second kappa shape index (κ2) is 4.59. The summed E-state index contributed by atoms with van der Waals surface area (Å²) in [5, 5.41) is 3.41. The largest absolute Gasteiger partial charge is 0.316 e. The van der Waals surface area contributed by atoms with Gasteiger partial charge in [0.15, 0.2) is 0 Å². The molecule has 98 valence electrons. The fraction of sp³-hybridized carbons (Fsp3) is 0.571. The molecule has 2 saturated heterocycles. The van der Waals surface area contributed by atoms with Crippen molar-refractivity contribution >= 4 is 0 Å². The zero-order valence-corrected chi connectivity index (χ0v) is 10.5. The Morgan fingerprint density at radius 2 is 1.94 bits per heavy atom. The third kappa shape index (κ3) is 2.15. The Balaban J connectivity index is 1.73. The molecule has 0 bridgehead atoms. The maximum Gasteiger partial charge on any atom is 0.126 e. The van der Waals surface area contributed by atoms with E-state index in [1.165, 1.54) is 12.1 Å². The number of nitrogens with zero attached hydrogens (tertiary/aromatic N) is 1. The van der Waals surface area contributed by atoms with Crippen LogP contribution in [-0.2, 0) is 6.54 Å². The third-order valence-corrected chi connectivity index (χ3v) is 4.36. The van der Waals surface area contributed by atoms with Crippen molar-refractivity contribution < 1.29 is 8.78 Å². The molecule has 3 atom stereocenters. The summed E-state index contributed by atoms with van der Waals surface area (Å²) >= 11 is 0. The van der Waals surface area contributed by atoms with Crippen LogP contribution in [0.15, 0.2) is 18.2 Å². The average molecular weight is 252 g/mol. The van der Waals surface area contributed by atoms with E-state index >= 15 is 0 Å². The van der Waals surface area contributed by atoms with Gasteiger partial charge in [-0.3, -0.25) is 4.90 Å². The van der Waals surface area contributed by atoms with Gasteiger partial charge in [-0.2, -0.15) is 0 Å². The second-order valence-corrected chi connectivity index (χ2v) is 5.53. The number of fused-ring (bicyclic) bond motifs is 1. The van der Waals surface area contributed by atoms with Crippen LogP contribution in [0.4, 0.5) is 8.78 Å². The van der Waals surface area contributed by atoms with Gasteiger partial charge in [-0.15, -0.1) is 0 Å². The Labute approximate surface area is 106 Å². The molecule has 0 aromatic heterocycles. The monoisotopic (exact) mass is 252 g/mol. The molecule has 0 radical (unpaired) electrons. The topological polar surface area (TPSA) is 15.3 Å². The summed E-state index contributed by atoms with van der Waals surface area (Å²) in [6.07, 6.45) is 0. The molecule has 2 aliphatic heterocycles. The summed E-state index contributed by atoms with van der Waals surface area (Å²) in [6.45, 7) is 6.02. The van der Waals surface area contributed by atoms with Gasteiger partial charge < -0.3 is 5.32 Å². The standard InChI is InChI=1S/C14H18F2N2/c1-9-14-6-17-5-11(14)8-18(9)7-10-2-12(15)4-13(16)3-10/h2-4,9,11,14,17H,5-8H2,1H3. The van der Waals surface area contributed by atoms with E-state index in [4.69, 9.17) is 0 Å². The summed E-state index contributed by atoms with van der Waals surface area (Å²) in [5.41, 5.74) is 0.729. The smallest absolute Gasteiger partial charge is 0.126 e. The first-order chi connectivity index (χ1) is 8.63. The van der Waals surface area contributed by atoms with E-state index in [2.05, 4.69) is 17.1 Å². The molecule has 4 heteroatoms. The Morgan fingerprint density at radius 1 is 1.22 bits per heavy atom. The Bertz CT molecular complexity index is 429. The molecule has 2 aliphatic rings. The fourth-order valence-corrected chi connectivity index (χ4v) is 3.40. The molecule has 1 N–H and O–H groups in total. The van der Waals surface area contributed by atoms with E-state index in [-0.39, 0.29) is 0 Å². The molecule has 0 aliphatic carbocycles. The first-order valence-electron chi connectivity index (χ1n) is 6.53. The lowest BCUT2D eigenvalue weighted by Crippen LogP contribution is -2.32. The van der Waals surface area contributed by atoms with Crippen LogP contribution in [-0.4, -0.2) is 30.6 Å². The van der Waals surface area contributed by atoms with Gasteiger partial charge in [0, 0.05) is 25.2 Å². The quantitative estimate of drug-likeness (QED) is 0.866. The summed E-state index contributed by atoms with van der Waals surface area (Å²) in [6, 6.07) is 4.27. The molecular weight excluding hydrogens is 234 g/mol. The molecular formula is C14H18F2N2. The van der Waals surface area contributed by atoms with Crippen molar-refractivity contribution in [2.45, 2.75) is 19.5 Å². The Hall–Kier alpha value is -1.00. The van der Waals surface area contributed by atoms with Crippen molar-refractivity contribution in [2.24, 2.45) is 11.8 Å². The van der Waals surface area contributed by atoms with Crippen molar-refractivity contribution in [3.63, 3.8) is 0 Å². The van der Waals surface area contributed by atoms with E-state index in [0.29, 0.717) is 24.4 Å². The van der Waals surface area contributed by atoms with Crippen LogP contribution >= 0.6 is 0 Å². The van der Waals surface area contributed by atoms with E-state index < -0.39 is 11.6 Å². The number of benzene rings is 1. The van der Waals surface area contributed by atoms with Gasteiger partial charge in [-0.1, -0.05) is 0 Å². The van der Waals surface area contributed by atoms with Gasteiger partial charge in [-0.25, -0.2) is 8.78 Å². The number of rotatable bonds is 2. The zero-order valence-electron chi connectivity index (χ0n) is 10.5. The molecule has 3 rings (SSSR count). The van der Waals surface area contributed by atoms with Gasteiger partial charge in [-0.05, 0) is 49.5 Å². The molecule has 3 unspecified atom stereocenters. The van der Waals surface area contributed by atoms with Gasteiger partial charge in [0.05, 0.1) is 0 Å². The first kappa shape index (κ1) is 12.1. The molecule has 2 heterocycles. The van der Waals surface area contributed by atoms with E-state index in [9.17, 15) is 8.78 Å². The minimum absolute atomic E-state index is 0.483. The van der Waals surface area contributed by atoms with E-state index in [1.54, 1.807) is 0 Å². The van der Waals surface area contributed by atoms with E-state index in [0.717, 1.165) is 31.3 Å². The number of likely N-dealkylation sites (tertiary alicyclic amines) is 1.